The Balaban J connectivity index is 1.52. The fourth-order valence-corrected chi connectivity index (χ4v) is 2.86. The van der Waals surface area contributed by atoms with Gasteiger partial charge in [-0.3, -0.25) is 9.69 Å². The molecule has 3 rings (SSSR count). The third kappa shape index (κ3) is 4.36. The molecule has 0 aliphatic carbocycles. The molecule has 6 nitrogen and oxygen atoms in total. The average Bonchev–Trinajstić information content (AvgIpc) is 3.09. The van der Waals surface area contributed by atoms with Crippen molar-refractivity contribution in [3.8, 4) is 0 Å². The van der Waals surface area contributed by atoms with Crippen LogP contribution in [-0.4, -0.2) is 48.5 Å². The second-order valence-electron chi connectivity index (χ2n) is 6.10. The van der Waals surface area contributed by atoms with Crippen molar-refractivity contribution in [1.29, 1.82) is 0 Å². The smallest absolute Gasteiger partial charge is 0.273 e. The second kappa shape index (κ2) is 8.11. The predicted molar refractivity (Wildman–Crippen MR) is 93.0 cm³/mol. The van der Waals surface area contributed by atoms with E-state index in [1.165, 1.54) is 12.3 Å². The van der Waals surface area contributed by atoms with E-state index in [-0.39, 0.29) is 11.7 Å². The molecule has 1 fully saturated rings. The first-order valence-corrected chi connectivity index (χ1v) is 8.62. The van der Waals surface area contributed by atoms with Crippen LogP contribution in [0, 0.1) is 5.82 Å². The van der Waals surface area contributed by atoms with Gasteiger partial charge in [0.1, 0.15) is 12.1 Å². The predicted octanol–water partition coefficient (Wildman–Crippen LogP) is 2.28. The number of carbonyl (C=O) groups excluding carboxylic acids is 1. The molecule has 0 saturated carbocycles. The summed E-state index contributed by atoms with van der Waals surface area (Å²) < 4.78 is 19.3. The number of hydrogen-bond acceptors (Lipinski definition) is 5. The van der Waals surface area contributed by atoms with E-state index in [4.69, 9.17) is 4.42 Å². The van der Waals surface area contributed by atoms with E-state index in [2.05, 4.69) is 15.2 Å². The van der Waals surface area contributed by atoms with Gasteiger partial charge >= 0.3 is 0 Å². The molecule has 1 amide bonds. The zero-order valence-corrected chi connectivity index (χ0v) is 14.4. The number of anilines is 1. The first kappa shape index (κ1) is 17.4. The van der Waals surface area contributed by atoms with Gasteiger partial charge in [-0.1, -0.05) is 19.1 Å². The largest absolute Gasteiger partial charge is 0.447 e. The minimum Gasteiger partial charge on any atom is -0.447 e. The molecule has 1 aliphatic rings. The maximum Gasteiger partial charge on any atom is 0.273 e. The zero-order valence-electron chi connectivity index (χ0n) is 14.4. The summed E-state index contributed by atoms with van der Waals surface area (Å²) in [5, 5.41) is 2.78. The molecule has 0 radical (unpaired) electrons. The van der Waals surface area contributed by atoms with Crippen LogP contribution < -0.4 is 10.2 Å². The van der Waals surface area contributed by atoms with E-state index in [0.717, 1.165) is 32.6 Å². The first-order chi connectivity index (χ1) is 12.2. The molecule has 1 aliphatic heterocycles. The van der Waals surface area contributed by atoms with Gasteiger partial charge in [-0.25, -0.2) is 9.37 Å². The van der Waals surface area contributed by atoms with E-state index in [0.29, 0.717) is 30.4 Å². The Hall–Kier alpha value is -2.41. The number of rotatable bonds is 6. The van der Waals surface area contributed by atoms with Crippen molar-refractivity contribution in [2.24, 2.45) is 0 Å². The summed E-state index contributed by atoms with van der Waals surface area (Å²) in [6.45, 7) is 6.22. The van der Waals surface area contributed by atoms with Crippen molar-refractivity contribution >= 4 is 11.6 Å². The number of hydrogen-bond donors (Lipinski definition) is 1. The van der Waals surface area contributed by atoms with E-state index in [9.17, 15) is 9.18 Å². The lowest BCUT2D eigenvalue weighted by atomic mass is 10.2. The first-order valence-electron chi connectivity index (χ1n) is 8.62. The van der Waals surface area contributed by atoms with Crippen molar-refractivity contribution in [3.05, 3.63) is 47.9 Å². The highest BCUT2D eigenvalue weighted by Gasteiger charge is 2.21. The summed E-state index contributed by atoms with van der Waals surface area (Å²) in [7, 11) is 0. The number of carbonyl (C=O) groups is 1. The van der Waals surface area contributed by atoms with E-state index < -0.39 is 0 Å². The maximum atomic E-state index is 13.9. The molecule has 2 aromatic rings. The minimum absolute atomic E-state index is 0.189. The van der Waals surface area contributed by atoms with Gasteiger partial charge in [0.15, 0.2) is 5.69 Å². The summed E-state index contributed by atoms with van der Waals surface area (Å²) in [5.74, 6) is 0.133. The fraction of sp³-hybridized carbons (Fsp3) is 0.444. The molecular weight excluding hydrogens is 323 g/mol. The molecule has 0 unspecified atom stereocenters. The lowest BCUT2D eigenvalue weighted by molar-refractivity contribution is 0.0948. The highest BCUT2D eigenvalue weighted by Crippen LogP contribution is 2.20. The molecule has 25 heavy (non-hydrogen) atoms. The van der Waals surface area contributed by atoms with Crippen molar-refractivity contribution in [3.63, 3.8) is 0 Å². The van der Waals surface area contributed by atoms with Crippen molar-refractivity contribution < 1.29 is 13.6 Å². The van der Waals surface area contributed by atoms with Crippen LogP contribution in [0.3, 0.4) is 0 Å². The van der Waals surface area contributed by atoms with Gasteiger partial charge in [0.25, 0.3) is 5.91 Å². The Labute approximate surface area is 146 Å². The van der Waals surface area contributed by atoms with Crippen LogP contribution in [0.2, 0.25) is 0 Å². The molecule has 1 aromatic carbocycles. The van der Waals surface area contributed by atoms with Crippen molar-refractivity contribution in [2.45, 2.75) is 19.9 Å². The highest BCUT2D eigenvalue weighted by molar-refractivity contribution is 5.91. The summed E-state index contributed by atoms with van der Waals surface area (Å²) in [6.07, 6.45) is 2.28. The third-order valence-electron chi connectivity index (χ3n) is 4.24. The average molecular weight is 346 g/mol. The topological polar surface area (TPSA) is 61.6 Å². The fourth-order valence-electron chi connectivity index (χ4n) is 2.86. The maximum absolute atomic E-state index is 13.9. The molecule has 7 heteroatoms. The van der Waals surface area contributed by atoms with Gasteiger partial charge in [-0.15, -0.1) is 0 Å². The van der Waals surface area contributed by atoms with E-state index in [1.54, 1.807) is 12.1 Å². The summed E-state index contributed by atoms with van der Waals surface area (Å²) in [5.41, 5.74) is 0.960. The van der Waals surface area contributed by atoms with Crippen LogP contribution >= 0.6 is 0 Å². The Bertz CT molecular complexity index is 711. The third-order valence-corrected chi connectivity index (χ3v) is 4.24. The number of aromatic nitrogens is 1. The number of nitrogens with zero attached hydrogens (tertiary/aromatic N) is 3. The van der Waals surface area contributed by atoms with Crippen LogP contribution in [-0.2, 0) is 6.54 Å². The van der Waals surface area contributed by atoms with Crippen LogP contribution in [0.25, 0.3) is 0 Å². The Morgan fingerprint density at radius 1 is 1.28 bits per heavy atom. The van der Waals surface area contributed by atoms with Crippen LogP contribution in [0.4, 0.5) is 10.1 Å². The Morgan fingerprint density at radius 2 is 2.04 bits per heavy atom. The number of nitrogens with one attached hydrogen (secondary N) is 1. The summed E-state index contributed by atoms with van der Waals surface area (Å²) >= 11 is 0. The molecule has 2 heterocycles. The standard InChI is InChI=1S/C18H23FN4O2/c1-2-7-20-18(24)15-13-25-17(21-15)12-22-8-10-23(11-9-22)16-6-4-3-5-14(16)19/h3-6,13H,2,7-12H2,1H3,(H,20,24). The molecule has 0 bridgehead atoms. The summed E-state index contributed by atoms with van der Waals surface area (Å²) in [4.78, 5) is 20.3. The van der Waals surface area contributed by atoms with Gasteiger partial charge in [0, 0.05) is 32.7 Å². The SMILES string of the molecule is CCCNC(=O)c1coc(CN2CCN(c3ccccc3F)CC2)n1. The quantitative estimate of drug-likeness (QED) is 0.869. The summed E-state index contributed by atoms with van der Waals surface area (Å²) in [6, 6.07) is 6.84. The van der Waals surface area contributed by atoms with Crippen LogP contribution in [0.1, 0.15) is 29.7 Å². The molecule has 134 valence electrons. The van der Waals surface area contributed by atoms with Gasteiger partial charge in [-0.05, 0) is 18.6 Å². The second-order valence-corrected chi connectivity index (χ2v) is 6.10. The van der Waals surface area contributed by atoms with Gasteiger partial charge < -0.3 is 14.6 Å². The zero-order chi connectivity index (χ0) is 17.6. The number of piperazine rings is 1. The normalized spacial score (nSPS) is 15.4. The molecule has 0 spiro atoms. The van der Waals surface area contributed by atoms with Crippen LogP contribution in [0.15, 0.2) is 34.9 Å². The lowest BCUT2D eigenvalue weighted by Gasteiger charge is -2.35. The molecule has 1 N–H and O–H groups in total. The number of amides is 1. The highest BCUT2D eigenvalue weighted by atomic mass is 19.1. The van der Waals surface area contributed by atoms with Gasteiger partial charge in [0.05, 0.1) is 12.2 Å². The van der Waals surface area contributed by atoms with Gasteiger partial charge in [-0.2, -0.15) is 0 Å². The monoisotopic (exact) mass is 346 g/mol. The number of benzene rings is 1. The van der Waals surface area contributed by atoms with Crippen LogP contribution in [0.5, 0.6) is 0 Å². The molecule has 1 aromatic heterocycles. The van der Waals surface area contributed by atoms with Crippen molar-refractivity contribution in [2.75, 3.05) is 37.6 Å². The van der Waals surface area contributed by atoms with E-state index >= 15 is 0 Å². The minimum atomic E-state index is -0.207. The molecule has 0 atom stereocenters. The van der Waals surface area contributed by atoms with E-state index in [1.807, 2.05) is 17.9 Å². The number of para-hydroxylation sites is 1. The van der Waals surface area contributed by atoms with Crippen molar-refractivity contribution in [1.82, 2.24) is 15.2 Å². The Morgan fingerprint density at radius 3 is 2.76 bits per heavy atom. The lowest BCUT2D eigenvalue weighted by Crippen LogP contribution is -2.46. The van der Waals surface area contributed by atoms with Gasteiger partial charge in [0.2, 0.25) is 5.89 Å². The number of oxazole rings is 1. The molecular formula is C18H23FN4O2. The Kier molecular flexibility index (Phi) is 5.65. The number of halogens is 1. The molecule has 1 saturated heterocycles.